The maximum Gasteiger partial charge on any atom is 0.253 e. The largest absolute Gasteiger partial charge is 0.307 e. The Morgan fingerprint density at radius 3 is 3.00 bits per heavy atom. The van der Waals surface area contributed by atoms with Gasteiger partial charge in [-0.3, -0.25) is 4.79 Å². The number of thioether (sulfide) groups is 1. The number of carbonyl (C=O) groups is 1. The molecule has 1 aromatic heterocycles. The number of hydrogen-bond donors (Lipinski definition) is 1. The van der Waals surface area contributed by atoms with E-state index in [0.29, 0.717) is 11.4 Å². The van der Waals surface area contributed by atoms with E-state index >= 15 is 0 Å². The summed E-state index contributed by atoms with van der Waals surface area (Å²) in [6, 6.07) is 6.59. The SMILES string of the molecule is Cc1cnn(Cc2ccccc2F)c1NC(=O)C1=CCCSC1. The highest BCUT2D eigenvalue weighted by Gasteiger charge is 2.17. The highest BCUT2D eigenvalue weighted by atomic mass is 32.2. The molecular weight excluding hydrogens is 313 g/mol. The van der Waals surface area contributed by atoms with E-state index in [1.54, 1.807) is 40.8 Å². The van der Waals surface area contributed by atoms with Crippen molar-refractivity contribution in [1.82, 2.24) is 9.78 Å². The van der Waals surface area contributed by atoms with Crippen LogP contribution in [0.5, 0.6) is 0 Å². The van der Waals surface area contributed by atoms with Crippen LogP contribution in [0.1, 0.15) is 17.5 Å². The standard InChI is InChI=1S/C17H18FN3OS/c1-12-9-19-21(10-13-5-2-3-7-15(13)18)16(12)20-17(22)14-6-4-8-23-11-14/h2-3,5-7,9H,4,8,10-11H2,1H3,(H,20,22). The molecule has 0 spiro atoms. The molecule has 0 unspecified atom stereocenters. The number of rotatable bonds is 4. The molecule has 0 saturated carbocycles. The van der Waals surface area contributed by atoms with E-state index in [1.165, 1.54) is 6.07 Å². The number of carbonyl (C=O) groups excluding carboxylic acids is 1. The van der Waals surface area contributed by atoms with Gasteiger partial charge in [-0.2, -0.15) is 16.9 Å². The minimum atomic E-state index is -0.274. The highest BCUT2D eigenvalue weighted by Crippen LogP contribution is 2.21. The lowest BCUT2D eigenvalue weighted by atomic mass is 10.2. The van der Waals surface area contributed by atoms with Gasteiger partial charge in [-0.25, -0.2) is 9.07 Å². The Balaban J connectivity index is 1.80. The van der Waals surface area contributed by atoms with Gasteiger partial charge in [-0.15, -0.1) is 0 Å². The molecule has 1 N–H and O–H groups in total. The predicted octanol–water partition coefficient (Wildman–Crippen LogP) is 3.38. The van der Waals surface area contributed by atoms with Crippen molar-refractivity contribution in [3.05, 3.63) is 59.1 Å². The smallest absolute Gasteiger partial charge is 0.253 e. The molecule has 120 valence electrons. The number of hydrogen-bond acceptors (Lipinski definition) is 3. The number of aromatic nitrogens is 2. The summed E-state index contributed by atoms with van der Waals surface area (Å²) >= 11 is 1.76. The molecule has 1 amide bonds. The van der Waals surface area contributed by atoms with Crippen molar-refractivity contribution < 1.29 is 9.18 Å². The van der Waals surface area contributed by atoms with Crippen LogP contribution >= 0.6 is 11.8 Å². The highest BCUT2D eigenvalue weighted by molar-refractivity contribution is 7.99. The van der Waals surface area contributed by atoms with E-state index in [2.05, 4.69) is 10.4 Å². The second-order valence-electron chi connectivity index (χ2n) is 5.45. The molecule has 6 heteroatoms. The van der Waals surface area contributed by atoms with Crippen LogP contribution in [0.4, 0.5) is 10.2 Å². The molecule has 0 atom stereocenters. The zero-order valence-electron chi connectivity index (χ0n) is 12.9. The number of halogens is 1. The lowest BCUT2D eigenvalue weighted by Crippen LogP contribution is -2.21. The summed E-state index contributed by atoms with van der Waals surface area (Å²) in [5.41, 5.74) is 2.19. The molecule has 0 fully saturated rings. The Kier molecular flexibility index (Phi) is 4.81. The van der Waals surface area contributed by atoms with Crippen molar-refractivity contribution in [2.45, 2.75) is 19.9 Å². The van der Waals surface area contributed by atoms with Crippen LogP contribution in [-0.2, 0) is 11.3 Å². The van der Waals surface area contributed by atoms with E-state index in [0.717, 1.165) is 29.1 Å². The lowest BCUT2D eigenvalue weighted by molar-refractivity contribution is -0.112. The Morgan fingerprint density at radius 1 is 1.43 bits per heavy atom. The molecule has 2 heterocycles. The van der Waals surface area contributed by atoms with Crippen molar-refractivity contribution in [3.8, 4) is 0 Å². The molecule has 1 aliphatic rings. The number of anilines is 1. The normalized spacial score (nSPS) is 14.4. The molecule has 1 aliphatic heterocycles. The third kappa shape index (κ3) is 3.64. The van der Waals surface area contributed by atoms with Gasteiger partial charge in [0, 0.05) is 22.5 Å². The van der Waals surface area contributed by atoms with Crippen LogP contribution in [0, 0.1) is 12.7 Å². The minimum absolute atomic E-state index is 0.101. The van der Waals surface area contributed by atoms with Gasteiger partial charge in [0.1, 0.15) is 11.6 Å². The summed E-state index contributed by atoms with van der Waals surface area (Å²) in [6.45, 7) is 2.16. The topological polar surface area (TPSA) is 46.9 Å². The third-order valence-electron chi connectivity index (χ3n) is 3.73. The van der Waals surface area contributed by atoms with Gasteiger partial charge < -0.3 is 5.32 Å². The second-order valence-corrected chi connectivity index (χ2v) is 6.56. The Morgan fingerprint density at radius 2 is 2.26 bits per heavy atom. The van der Waals surface area contributed by atoms with E-state index in [1.807, 2.05) is 13.0 Å². The van der Waals surface area contributed by atoms with Gasteiger partial charge in [0.15, 0.2) is 0 Å². The van der Waals surface area contributed by atoms with Gasteiger partial charge in [0.25, 0.3) is 5.91 Å². The van der Waals surface area contributed by atoms with Crippen LogP contribution in [0.2, 0.25) is 0 Å². The molecule has 0 saturated heterocycles. The molecule has 0 bridgehead atoms. The van der Waals surface area contributed by atoms with Gasteiger partial charge in [0.05, 0.1) is 12.7 Å². The first-order chi connectivity index (χ1) is 11.1. The Bertz CT molecular complexity index is 754. The molecule has 0 radical (unpaired) electrons. The molecule has 0 aliphatic carbocycles. The average Bonchev–Trinajstić information content (AvgIpc) is 2.91. The number of aryl methyl sites for hydroxylation is 1. The van der Waals surface area contributed by atoms with Crippen LogP contribution in [0.25, 0.3) is 0 Å². The Hall–Kier alpha value is -2.08. The van der Waals surface area contributed by atoms with Crippen molar-refractivity contribution in [2.75, 3.05) is 16.8 Å². The fraction of sp³-hybridized carbons (Fsp3) is 0.294. The van der Waals surface area contributed by atoms with Gasteiger partial charge in [0.2, 0.25) is 0 Å². The Labute approximate surface area is 138 Å². The molecule has 4 nitrogen and oxygen atoms in total. The van der Waals surface area contributed by atoms with Crippen LogP contribution in [0.15, 0.2) is 42.1 Å². The van der Waals surface area contributed by atoms with Crippen LogP contribution < -0.4 is 5.32 Å². The fourth-order valence-electron chi connectivity index (χ4n) is 2.45. The summed E-state index contributed by atoms with van der Waals surface area (Å²) in [5.74, 6) is 2.03. The van der Waals surface area contributed by atoms with Gasteiger partial charge in [-0.05, 0) is 25.2 Å². The molecule has 23 heavy (non-hydrogen) atoms. The second kappa shape index (κ2) is 7.00. The van der Waals surface area contributed by atoms with E-state index < -0.39 is 0 Å². The molecule has 3 rings (SSSR count). The van der Waals surface area contributed by atoms with Crippen molar-refractivity contribution >= 4 is 23.5 Å². The quantitative estimate of drug-likeness (QED) is 0.934. The molecule has 2 aromatic rings. The van der Waals surface area contributed by atoms with Crippen LogP contribution in [0.3, 0.4) is 0 Å². The first kappa shape index (κ1) is 15.8. The minimum Gasteiger partial charge on any atom is -0.307 e. The van der Waals surface area contributed by atoms with E-state index in [9.17, 15) is 9.18 Å². The van der Waals surface area contributed by atoms with Crippen LogP contribution in [-0.4, -0.2) is 27.2 Å². The summed E-state index contributed by atoms with van der Waals surface area (Å²) in [6.07, 6.45) is 4.58. The summed E-state index contributed by atoms with van der Waals surface area (Å²) < 4.78 is 15.5. The predicted molar refractivity (Wildman–Crippen MR) is 91.1 cm³/mol. The van der Waals surface area contributed by atoms with Crippen molar-refractivity contribution in [3.63, 3.8) is 0 Å². The molecule has 1 aromatic carbocycles. The number of nitrogens with one attached hydrogen (secondary N) is 1. The monoisotopic (exact) mass is 331 g/mol. The first-order valence-electron chi connectivity index (χ1n) is 7.49. The number of benzene rings is 1. The van der Waals surface area contributed by atoms with E-state index in [4.69, 9.17) is 0 Å². The maximum absolute atomic E-state index is 13.8. The molecular formula is C17H18FN3OS. The first-order valence-corrected chi connectivity index (χ1v) is 8.64. The van der Waals surface area contributed by atoms with Gasteiger partial charge in [-0.1, -0.05) is 24.3 Å². The van der Waals surface area contributed by atoms with Crippen molar-refractivity contribution in [1.29, 1.82) is 0 Å². The van der Waals surface area contributed by atoms with E-state index in [-0.39, 0.29) is 18.3 Å². The summed E-state index contributed by atoms with van der Waals surface area (Å²) in [5, 5.41) is 7.19. The average molecular weight is 331 g/mol. The summed E-state index contributed by atoms with van der Waals surface area (Å²) in [4.78, 5) is 12.4. The number of nitrogens with zero attached hydrogens (tertiary/aromatic N) is 2. The fourth-order valence-corrected chi connectivity index (χ4v) is 3.35. The number of allylic oxidation sites excluding steroid dienone is 1. The maximum atomic E-state index is 13.8. The van der Waals surface area contributed by atoms with Crippen molar-refractivity contribution in [2.24, 2.45) is 0 Å². The van der Waals surface area contributed by atoms with Gasteiger partial charge >= 0.3 is 0 Å². The zero-order chi connectivity index (χ0) is 16.2. The lowest BCUT2D eigenvalue weighted by Gasteiger charge is -2.14. The zero-order valence-corrected chi connectivity index (χ0v) is 13.7. The number of amides is 1. The third-order valence-corrected chi connectivity index (χ3v) is 4.77. The summed E-state index contributed by atoms with van der Waals surface area (Å²) in [7, 11) is 0.